The molecule has 0 fully saturated rings. The van der Waals surface area contributed by atoms with Crippen LogP contribution in [-0.2, 0) is 0 Å². The van der Waals surface area contributed by atoms with E-state index in [1.54, 1.807) is 0 Å². The first-order valence-corrected chi connectivity index (χ1v) is 24.2. The lowest BCUT2D eigenvalue weighted by molar-refractivity contribution is 1.19. The number of para-hydroxylation sites is 2. The fourth-order valence-electron chi connectivity index (χ4n) is 11.1. The normalized spacial score (nSPS) is 12.5. The molecule has 14 aromatic rings. The minimum atomic E-state index is 0.553. The molecule has 0 radical (unpaired) electrons. The first kappa shape index (κ1) is 40.7. The number of hydrogen-bond donors (Lipinski definition) is 0. The van der Waals surface area contributed by atoms with E-state index < -0.39 is 0 Å². The fraction of sp³-hybridized carbons (Fsp3) is 0.0149. The summed E-state index contributed by atoms with van der Waals surface area (Å²) >= 11 is 0. The number of hydrogen-bond acceptors (Lipinski definition) is 1. The Hall–Kier alpha value is -9.38. The van der Waals surface area contributed by atoms with Crippen molar-refractivity contribution < 1.29 is 0 Å². The molecule has 14 rings (SSSR count). The minimum absolute atomic E-state index is 0.553. The summed E-state index contributed by atoms with van der Waals surface area (Å²) in [6.45, 7) is 6.62. The number of aromatic nitrogens is 2. The van der Waals surface area contributed by atoms with Gasteiger partial charge in [-0.15, -0.1) is 0 Å². The summed E-state index contributed by atoms with van der Waals surface area (Å²) in [5.41, 5.74) is 11.3. The van der Waals surface area contributed by atoms with Gasteiger partial charge in [0.2, 0.25) is 5.96 Å². The standard InChI is InChI=1S/C67H44N4/c1-42(46-29-27-44-15-3-5-17-48(44)37-46)68-67(69-43(2)47-30-28-45-16-4-6-18-49(45)38-47)71-64-26-14-12-24-59(64)62-40-51(32-36-66(62)71)50-31-35-65-61(39-50)58-23-11-13-25-63(58)70(65)52-33-34-57-55-21-8-7-19-53(55)54-20-9-10-22-56(54)60(57)41-52/h3-41H,1H2,2H3. The van der Waals surface area contributed by atoms with Crippen LogP contribution >= 0.6 is 0 Å². The van der Waals surface area contributed by atoms with E-state index in [9.17, 15) is 0 Å². The van der Waals surface area contributed by atoms with E-state index in [4.69, 9.17) is 9.98 Å². The monoisotopic (exact) mass is 904 g/mol. The third-order valence-corrected chi connectivity index (χ3v) is 14.6. The van der Waals surface area contributed by atoms with Crippen LogP contribution < -0.4 is 0 Å². The highest BCUT2D eigenvalue weighted by atomic mass is 15.2. The van der Waals surface area contributed by atoms with Gasteiger partial charge in [0.15, 0.2) is 0 Å². The van der Waals surface area contributed by atoms with E-state index in [0.717, 1.165) is 60.8 Å². The maximum atomic E-state index is 5.41. The average Bonchev–Trinajstić information content (AvgIpc) is 3.94. The van der Waals surface area contributed by atoms with Gasteiger partial charge in [-0.2, -0.15) is 0 Å². The van der Waals surface area contributed by atoms with E-state index in [1.807, 2.05) is 0 Å². The molecule has 0 amide bonds. The second-order valence-corrected chi connectivity index (χ2v) is 18.7. The molecule has 4 heteroatoms. The molecule has 0 N–H and O–H groups in total. The molecule has 0 aliphatic rings. The van der Waals surface area contributed by atoms with Crippen molar-refractivity contribution in [2.24, 2.45) is 9.98 Å². The number of aliphatic imine (C=N–C) groups is 2. The molecule has 2 heterocycles. The summed E-state index contributed by atoms with van der Waals surface area (Å²) in [5.74, 6) is 0.553. The van der Waals surface area contributed by atoms with Crippen molar-refractivity contribution in [2.45, 2.75) is 6.92 Å². The molecular weight excluding hydrogens is 861 g/mol. The van der Waals surface area contributed by atoms with Gasteiger partial charge < -0.3 is 4.57 Å². The van der Waals surface area contributed by atoms with Crippen molar-refractivity contribution >= 4 is 115 Å². The number of fused-ring (bicyclic) bond motifs is 14. The minimum Gasteiger partial charge on any atom is -0.309 e. The Kier molecular flexibility index (Phi) is 9.23. The maximum absolute atomic E-state index is 5.41. The number of nitrogens with zero attached hydrogens (tertiary/aromatic N) is 4. The third kappa shape index (κ3) is 6.60. The van der Waals surface area contributed by atoms with Gasteiger partial charge in [-0.1, -0.05) is 183 Å². The lowest BCUT2D eigenvalue weighted by Crippen LogP contribution is -2.12. The quantitative estimate of drug-likeness (QED) is 0.0937. The molecule has 0 aliphatic carbocycles. The van der Waals surface area contributed by atoms with Crippen LogP contribution in [0.4, 0.5) is 0 Å². The molecular formula is C67H44N4. The van der Waals surface area contributed by atoms with Gasteiger partial charge in [0.05, 0.1) is 27.8 Å². The molecule has 0 spiro atoms. The molecule has 0 saturated heterocycles. The van der Waals surface area contributed by atoms with E-state index in [2.05, 4.69) is 259 Å². The van der Waals surface area contributed by atoms with Gasteiger partial charge >= 0.3 is 0 Å². The van der Waals surface area contributed by atoms with Crippen molar-refractivity contribution in [1.82, 2.24) is 9.13 Å². The van der Waals surface area contributed by atoms with Crippen molar-refractivity contribution in [1.29, 1.82) is 0 Å². The van der Waals surface area contributed by atoms with Crippen molar-refractivity contribution in [3.63, 3.8) is 0 Å². The topological polar surface area (TPSA) is 34.6 Å². The maximum Gasteiger partial charge on any atom is 0.235 e. The first-order valence-electron chi connectivity index (χ1n) is 24.2. The molecule has 71 heavy (non-hydrogen) atoms. The predicted molar refractivity (Wildman–Crippen MR) is 304 cm³/mol. The summed E-state index contributed by atoms with van der Waals surface area (Å²) in [6, 6.07) is 85.5. The van der Waals surface area contributed by atoms with E-state index in [1.165, 1.54) is 70.3 Å². The van der Waals surface area contributed by atoms with Gasteiger partial charge in [0, 0.05) is 38.5 Å². The molecule has 4 nitrogen and oxygen atoms in total. The van der Waals surface area contributed by atoms with E-state index in [0.29, 0.717) is 11.7 Å². The molecule has 0 bridgehead atoms. The lowest BCUT2D eigenvalue weighted by atomic mass is 9.94. The highest BCUT2D eigenvalue weighted by Crippen LogP contribution is 2.41. The largest absolute Gasteiger partial charge is 0.309 e. The molecule has 12 aromatic carbocycles. The van der Waals surface area contributed by atoms with Crippen LogP contribution in [0.1, 0.15) is 18.1 Å². The van der Waals surface area contributed by atoms with Crippen molar-refractivity contribution in [2.75, 3.05) is 0 Å². The Labute approximate surface area is 410 Å². The third-order valence-electron chi connectivity index (χ3n) is 14.6. The molecule has 0 unspecified atom stereocenters. The van der Waals surface area contributed by atoms with E-state index >= 15 is 0 Å². The second kappa shape index (κ2) is 16.1. The second-order valence-electron chi connectivity index (χ2n) is 18.7. The summed E-state index contributed by atoms with van der Waals surface area (Å²) < 4.78 is 4.64. The zero-order valence-corrected chi connectivity index (χ0v) is 39.0. The zero-order chi connectivity index (χ0) is 47.2. The van der Waals surface area contributed by atoms with Crippen molar-refractivity contribution in [3.8, 4) is 16.8 Å². The van der Waals surface area contributed by atoms with Crippen LogP contribution in [0.15, 0.2) is 253 Å². The predicted octanol–water partition coefficient (Wildman–Crippen LogP) is 17.7. The smallest absolute Gasteiger partial charge is 0.235 e. The Morgan fingerprint density at radius 1 is 0.338 bits per heavy atom. The number of rotatable bonds is 5. The Morgan fingerprint density at radius 3 is 1.44 bits per heavy atom. The molecule has 332 valence electrons. The molecule has 0 atom stereocenters. The van der Waals surface area contributed by atoms with Crippen LogP contribution in [-0.4, -0.2) is 20.8 Å². The van der Waals surface area contributed by atoms with Gasteiger partial charge in [-0.25, -0.2) is 9.98 Å². The summed E-state index contributed by atoms with van der Waals surface area (Å²) in [6.07, 6.45) is 0. The first-order chi connectivity index (χ1) is 35.0. The highest BCUT2D eigenvalue weighted by molar-refractivity contribution is 6.26. The highest BCUT2D eigenvalue weighted by Gasteiger charge is 2.19. The Bertz CT molecular complexity index is 4580. The summed E-state index contributed by atoms with van der Waals surface area (Å²) in [7, 11) is 0. The average molecular weight is 905 g/mol. The molecule has 2 aromatic heterocycles. The van der Waals surface area contributed by atoms with Crippen LogP contribution in [0.5, 0.6) is 0 Å². The van der Waals surface area contributed by atoms with Crippen LogP contribution in [0.3, 0.4) is 0 Å². The van der Waals surface area contributed by atoms with Crippen LogP contribution in [0, 0.1) is 0 Å². The fourth-order valence-corrected chi connectivity index (χ4v) is 11.1. The van der Waals surface area contributed by atoms with Gasteiger partial charge in [-0.3, -0.25) is 4.57 Å². The van der Waals surface area contributed by atoms with Crippen LogP contribution in [0.25, 0.3) is 120 Å². The summed E-state index contributed by atoms with van der Waals surface area (Å²) in [5, 5.41) is 17.0. The number of benzene rings is 12. The summed E-state index contributed by atoms with van der Waals surface area (Å²) in [4.78, 5) is 10.7. The zero-order valence-electron chi connectivity index (χ0n) is 39.0. The lowest BCUT2D eigenvalue weighted by Gasteiger charge is -2.14. The van der Waals surface area contributed by atoms with Gasteiger partial charge in [-0.05, 0) is 138 Å². The van der Waals surface area contributed by atoms with E-state index in [-0.39, 0.29) is 0 Å². The van der Waals surface area contributed by atoms with Gasteiger partial charge in [0.25, 0.3) is 0 Å². The Balaban J connectivity index is 0.921. The molecule has 0 saturated carbocycles. The SMILES string of the molecule is C=C(N=C(N=C(C)c1ccc2ccccc2c1)n1c2ccccc2c2cc(-c3ccc4c(c3)c3ccccc3n4-c3ccc4c5ccccc5c5ccccc5c4c3)ccc21)c1ccc2ccccc2c1. The molecule has 0 aliphatic heterocycles. The van der Waals surface area contributed by atoms with Crippen molar-refractivity contribution in [3.05, 3.63) is 254 Å². The van der Waals surface area contributed by atoms with Gasteiger partial charge in [0.1, 0.15) is 0 Å². The van der Waals surface area contributed by atoms with Crippen LogP contribution in [0.2, 0.25) is 0 Å². The Morgan fingerprint density at radius 2 is 0.789 bits per heavy atom.